The minimum absolute atomic E-state index is 0.137. The molecule has 0 saturated heterocycles. The quantitative estimate of drug-likeness (QED) is 0.765. The summed E-state index contributed by atoms with van der Waals surface area (Å²) < 4.78 is 0. The molecule has 0 unspecified atom stereocenters. The summed E-state index contributed by atoms with van der Waals surface area (Å²) in [5, 5.41) is 3.49. The van der Waals surface area contributed by atoms with Crippen LogP contribution >= 0.6 is 0 Å². The van der Waals surface area contributed by atoms with E-state index in [9.17, 15) is 4.79 Å². The van der Waals surface area contributed by atoms with Crippen LogP contribution in [-0.2, 0) is 4.79 Å². The molecule has 3 heteroatoms. The molecule has 2 fully saturated rings. The Morgan fingerprint density at radius 1 is 1.25 bits per heavy atom. The monoisotopic (exact) mass is 224 g/mol. The van der Waals surface area contributed by atoms with Crippen molar-refractivity contribution in [1.82, 2.24) is 5.32 Å². The maximum atomic E-state index is 11.7. The van der Waals surface area contributed by atoms with Crippen molar-refractivity contribution in [2.75, 3.05) is 0 Å². The van der Waals surface area contributed by atoms with Gasteiger partial charge < -0.3 is 11.1 Å². The van der Waals surface area contributed by atoms with Gasteiger partial charge in [0.1, 0.15) is 0 Å². The fourth-order valence-electron chi connectivity index (χ4n) is 2.88. The third kappa shape index (κ3) is 2.40. The van der Waals surface area contributed by atoms with E-state index in [0.29, 0.717) is 6.04 Å². The molecule has 2 saturated carbocycles. The van der Waals surface area contributed by atoms with Gasteiger partial charge in [-0.3, -0.25) is 4.79 Å². The number of carbonyl (C=O) groups excluding carboxylic acids is 1. The van der Waals surface area contributed by atoms with Crippen LogP contribution in [0.1, 0.15) is 52.4 Å². The van der Waals surface area contributed by atoms with E-state index in [0.717, 1.165) is 37.5 Å². The first kappa shape index (κ1) is 11.9. The molecule has 0 spiro atoms. The summed E-state index contributed by atoms with van der Waals surface area (Å²) in [7, 11) is 0. The molecular formula is C13H24N2O. The first-order valence-corrected chi connectivity index (χ1v) is 6.61. The molecule has 2 aliphatic carbocycles. The van der Waals surface area contributed by atoms with Gasteiger partial charge in [-0.2, -0.15) is 0 Å². The zero-order chi connectivity index (χ0) is 11.8. The van der Waals surface area contributed by atoms with Gasteiger partial charge in [0.05, 0.1) is 5.54 Å². The number of nitrogens with one attached hydrogen (secondary N) is 1. The van der Waals surface area contributed by atoms with Crippen LogP contribution in [0.5, 0.6) is 0 Å². The Hall–Kier alpha value is -0.570. The molecule has 3 nitrogen and oxygen atoms in total. The van der Waals surface area contributed by atoms with Crippen LogP contribution in [0.3, 0.4) is 0 Å². The molecule has 2 aliphatic rings. The predicted octanol–water partition coefficient (Wildman–Crippen LogP) is 1.81. The lowest BCUT2D eigenvalue weighted by atomic mass is 9.72. The van der Waals surface area contributed by atoms with Gasteiger partial charge in [0.25, 0.3) is 0 Å². The van der Waals surface area contributed by atoms with Crippen LogP contribution in [0.4, 0.5) is 0 Å². The number of rotatable bonds is 4. The van der Waals surface area contributed by atoms with E-state index in [1.165, 1.54) is 12.8 Å². The summed E-state index contributed by atoms with van der Waals surface area (Å²) in [5.41, 5.74) is 5.22. The molecule has 2 rings (SSSR count). The average molecular weight is 224 g/mol. The van der Waals surface area contributed by atoms with Gasteiger partial charge in [-0.1, -0.05) is 13.8 Å². The number of amides is 1. The normalized spacial score (nSPS) is 35.3. The molecule has 0 aliphatic heterocycles. The summed E-state index contributed by atoms with van der Waals surface area (Å²) in [6.45, 7) is 4.55. The first-order valence-electron chi connectivity index (χ1n) is 6.61. The van der Waals surface area contributed by atoms with Crippen LogP contribution < -0.4 is 11.1 Å². The van der Waals surface area contributed by atoms with Crippen molar-refractivity contribution in [2.24, 2.45) is 17.6 Å². The van der Waals surface area contributed by atoms with Crippen LogP contribution in [-0.4, -0.2) is 17.5 Å². The fourth-order valence-corrected chi connectivity index (χ4v) is 2.88. The van der Waals surface area contributed by atoms with Gasteiger partial charge in [-0.15, -0.1) is 0 Å². The fraction of sp³-hybridized carbons (Fsp3) is 0.923. The topological polar surface area (TPSA) is 55.1 Å². The summed E-state index contributed by atoms with van der Waals surface area (Å²) in [6.07, 6.45) is 6.56. The molecule has 0 aromatic heterocycles. The molecule has 0 aromatic rings. The second-order valence-corrected chi connectivity index (χ2v) is 5.95. The smallest absolute Gasteiger partial charge is 0.237 e. The maximum absolute atomic E-state index is 11.7. The van der Waals surface area contributed by atoms with Gasteiger partial charge in [0, 0.05) is 6.04 Å². The molecule has 0 heterocycles. The number of primary amides is 1. The van der Waals surface area contributed by atoms with Crippen LogP contribution in [0.25, 0.3) is 0 Å². The standard InChI is InChI=1S/C13H24N2O/c1-9(2)10-5-7-13(8-6-10,12(14)16)15-11-3-4-11/h9-11,15H,3-8H2,1-2H3,(H2,14,16). The highest BCUT2D eigenvalue weighted by Crippen LogP contribution is 2.37. The largest absolute Gasteiger partial charge is 0.368 e. The van der Waals surface area contributed by atoms with Gasteiger partial charge in [-0.25, -0.2) is 0 Å². The average Bonchev–Trinajstić information content (AvgIpc) is 3.02. The highest BCUT2D eigenvalue weighted by molar-refractivity contribution is 5.84. The maximum Gasteiger partial charge on any atom is 0.237 e. The van der Waals surface area contributed by atoms with Gasteiger partial charge >= 0.3 is 0 Å². The number of hydrogen-bond donors (Lipinski definition) is 2. The van der Waals surface area contributed by atoms with Crippen molar-refractivity contribution in [2.45, 2.75) is 64.0 Å². The Bertz CT molecular complexity index is 263. The van der Waals surface area contributed by atoms with Crippen molar-refractivity contribution in [3.8, 4) is 0 Å². The van der Waals surface area contributed by atoms with E-state index in [1.807, 2.05) is 0 Å². The first-order chi connectivity index (χ1) is 7.53. The molecule has 92 valence electrons. The molecule has 1 amide bonds. The van der Waals surface area contributed by atoms with E-state index in [4.69, 9.17) is 5.73 Å². The van der Waals surface area contributed by atoms with Crippen molar-refractivity contribution in [3.05, 3.63) is 0 Å². The second kappa shape index (κ2) is 4.36. The highest BCUT2D eigenvalue weighted by atomic mass is 16.1. The molecular weight excluding hydrogens is 200 g/mol. The van der Waals surface area contributed by atoms with E-state index >= 15 is 0 Å². The summed E-state index contributed by atoms with van der Waals surface area (Å²) in [4.78, 5) is 11.7. The Labute approximate surface area is 98.2 Å². The van der Waals surface area contributed by atoms with Crippen molar-refractivity contribution in [1.29, 1.82) is 0 Å². The molecule has 0 radical (unpaired) electrons. The highest BCUT2D eigenvalue weighted by Gasteiger charge is 2.43. The van der Waals surface area contributed by atoms with Gasteiger partial charge in [0.15, 0.2) is 0 Å². The van der Waals surface area contributed by atoms with E-state index in [-0.39, 0.29) is 11.4 Å². The van der Waals surface area contributed by atoms with E-state index in [1.54, 1.807) is 0 Å². The van der Waals surface area contributed by atoms with Gasteiger partial charge in [0.2, 0.25) is 5.91 Å². The molecule has 16 heavy (non-hydrogen) atoms. The van der Waals surface area contributed by atoms with Crippen LogP contribution in [0.15, 0.2) is 0 Å². The van der Waals surface area contributed by atoms with Crippen molar-refractivity contribution >= 4 is 5.91 Å². The zero-order valence-electron chi connectivity index (χ0n) is 10.5. The summed E-state index contributed by atoms with van der Waals surface area (Å²) >= 11 is 0. The minimum atomic E-state index is -0.382. The third-order valence-corrected chi connectivity index (χ3v) is 4.36. The third-order valence-electron chi connectivity index (χ3n) is 4.36. The predicted molar refractivity (Wildman–Crippen MR) is 64.9 cm³/mol. The van der Waals surface area contributed by atoms with Crippen molar-refractivity contribution in [3.63, 3.8) is 0 Å². The van der Waals surface area contributed by atoms with Crippen LogP contribution in [0, 0.1) is 11.8 Å². The second-order valence-electron chi connectivity index (χ2n) is 5.95. The lowest BCUT2D eigenvalue weighted by Gasteiger charge is -2.40. The van der Waals surface area contributed by atoms with Crippen LogP contribution in [0.2, 0.25) is 0 Å². The Morgan fingerprint density at radius 2 is 1.81 bits per heavy atom. The zero-order valence-corrected chi connectivity index (χ0v) is 10.5. The molecule has 0 atom stereocenters. The Balaban J connectivity index is 1.97. The Kier molecular flexibility index (Phi) is 3.24. The Morgan fingerprint density at radius 3 is 2.19 bits per heavy atom. The minimum Gasteiger partial charge on any atom is -0.368 e. The number of hydrogen-bond acceptors (Lipinski definition) is 2. The molecule has 3 N–H and O–H groups in total. The van der Waals surface area contributed by atoms with Crippen molar-refractivity contribution < 1.29 is 4.79 Å². The van der Waals surface area contributed by atoms with E-state index in [2.05, 4.69) is 19.2 Å². The van der Waals surface area contributed by atoms with E-state index < -0.39 is 0 Å². The SMILES string of the molecule is CC(C)C1CCC(NC2CC2)(C(N)=O)CC1. The summed E-state index contributed by atoms with van der Waals surface area (Å²) in [5.74, 6) is 1.36. The summed E-state index contributed by atoms with van der Waals surface area (Å²) in [6, 6.07) is 0.558. The molecule has 0 aromatic carbocycles. The van der Waals surface area contributed by atoms with Gasteiger partial charge in [-0.05, 0) is 50.4 Å². The lowest BCUT2D eigenvalue weighted by molar-refractivity contribution is -0.126. The number of carbonyl (C=O) groups is 1. The lowest BCUT2D eigenvalue weighted by Crippen LogP contribution is -2.58. The number of nitrogens with two attached hydrogens (primary N) is 1. The molecule has 0 bridgehead atoms.